The maximum atomic E-state index is 12.9. The van der Waals surface area contributed by atoms with E-state index in [-0.39, 0.29) is 23.2 Å². The molecule has 0 aliphatic carbocycles. The lowest BCUT2D eigenvalue weighted by Crippen LogP contribution is -2.38. The van der Waals surface area contributed by atoms with Crippen molar-refractivity contribution < 1.29 is 9.53 Å². The van der Waals surface area contributed by atoms with E-state index < -0.39 is 0 Å². The number of rotatable bonds is 4. The van der Waals surface area contributed by atoms with Gasteiger partial charge in [-0.1, -0.05) is 24.1 Å². The van der Waals surface area contributed by atoms with Crippen LogP contribution in [-0.2, 0) is 4.79 Å². The molecule has 0 radical (unpaired) electrons. The van der Waals surface area contributed by atoms with Gasteiger partial charge in [0.15, 0.2) is 5.82 Å². The van der Waals surface area contributed by atoms with Crippen LogP contribution in [0.5, 0.6) is 11.5 Å². The number of nitrogens with one attached hydrogen (secondary N) is 1. The van der Waals surface area contributed by atoms with Crippen LogP contribution in [0.4, 0.5) is 5.82 Å². The third kappa shape index (κ3) is 4.36. The number of carbonyl (C=O) groups excluding carboxylic acids is 1. The Hall–Kier alpha value is -4.51. The van der Waals surface area contributed by atoms with E-state index in [2.05, 4.69) is 22.0 Å². The smallest absolute Gasteiger partial charge is 0.298 e. The highest BCUT2D eigenvalue weighted by Crippen LogP contribution is 2.35. The Bertz CT molecular complexity index is 1490. The third-order valence-corrected chi connectivity index (χ3v) is 6.26. The average Bonchev–Trinajstić information content (AvgIpc) is 3.30. The predicted octanol–water partition coefficient (Wildman–Crippen LogP) is 3.82. The maximum Gasteiger partial charge on any atom is 0.298 e. The van der Waals surface area contributed by atoms with Gasteiger partial charge in [-0.25, -0.2) is 5.10 Å². The number of nitrogen functional groups attached to an aromatic ring is 1. The summed E-state index contributed by atoms with van der Waals surface area (Å²) in [7, 11) is 0. The minimum atomic E-state index is -0.302. The number of amides is 1. The fourth-order valence-electron chi connectivity index (χ4n) is 4.65. The summed E-state index contributed by atoms with van der Waals surface area (Å²) in [5.74, 6) is 6.77. The first-order valence-corrected chi connectivity index (χ1v) is 11.5. The van der Waals surface area contributed by atoms with Gasteiger partial charge in [0.25, 0.3) is 11.5 Å². The summed E-state index contributed by atoms with van der Waals surface area (Å²) in [6.45, 7) is 2.81. The summed E-state index contributed by atoms with van der Waals surface area (Å²) in [4.78, 5) is 27.0. The number of H-pyrrole nitrogens is 1. The van der Waals surface area contributed by atoms with Crippen LogP contribution < -0.4 is 16.0 Å². The molecule has 1 saturated heterocycles. The average molecular weight is 468 g/mol. The molecule has 1 aliphatic rings. The van der Waals surface area contributed by atoms with E-state index in [1.807, 2.05) is 65.4 Å². The first kappa shape index (κ1) is 22.3. The van der Waals surface area contributed by atoms with Gasteiger partial charge in [0.1, 0.15) is 17.0 Å². The van der Waals surface area contributed by atoms with Crippen LogP contribution in [0.3, 0.4) is 0 Å². The molecule has 3 N–H and O–H groups in total. The first-order chi connectivity index (χ1) is 17.0. The van der Waals surface area contributed by atoms with Gasteiger partial charge in [-0.05, 0) is 67.6 Å². The summed E-state index contributed by atoms with van der Waals surface area (Å²) < 4.78 is 7.79. The first-order valence-electron chi connectivity index (χ1n) is 11.5. The van der Waals surface area contributed by atoms with Gasteiger partial charge in [-0.2, -0.15) is 5.10 Å². The molecular formula is C27H25N5O3. The zero-order valence-electron chi connectivity index (χ0n) is 19.3. The van der Waals surface area contributed by atoms with Crippen molar-refractivity contribution in [2.75, 3.05) is 18.8 Å². The molecule has 4 aromatic rings. The highest BCUT2D eigenvalue weighted by Gasteiger charge is 2.28. The van der Waals surface area contributed by atoms with Crippen molar-refractivity contribution in [1.29, 1.82) is 0 Å². The van der Waals surface area contributed by atoms with Crippen molar-refractivity contribution in [2.45, 2.75) is 25.7 Å². The number of nitrogens with two attached hydrogens (primary N) is 1. The Morgan fingerprint density at radius 2 is 1.89 bits per heavy atom. The molecule has 1 atom stereocenters. The molecule has 8 nitrogen and oxygen atoms in total. The normalized spacial score (nSPS) is 15.5. The lowest BCUT2D eigenvalue weighted by atomic mass is 9.90. The number of anilines is 1. The van der Waals surface area contributed by atoms with E-state index in [1.165, 1.54) is 0 Å². The van der Waals surface area contributed by atoms with Crippen molar-refractivity contribution in [2.24, 2.45) is 0 Å². The van der Waals surface area contributed by atoms with E-state index in [9.17, 15) is 9.59 Å². The van der Waals surface area contributed by atoms with E-state index in [0.29, 0.717) is 29.7 Å². The zero-order chi connectivity index (χ0) is 24.4. The molecular weight excluding hydrogens is 442 g/mol. The van der Waals surface area contributed by atoms with E-state index in [4.69, 9.17) is 10.5 Å². The van der Waals surface area contributed by atoms with Gasteiger partial charge >= 0.3 is 0 Å². The second-order valence-corrected chi connectivity index (χ2v) is 8.49. The molecule has 1 fully saturated rings. The number of carbonyl (C=O) groups is 1. The molecule has 0 unspecified atom stereocenters. The highest BCUT2D eigenvalue weighted by atomic mass is 16.5. The van der Waals surface area contributed by atoms with Crippen LogP contribution in [0.15, 0.2) is 65.6 Å². The van der Waals surface area contributed by atoms with Gasteiger partial charge in [-0.3, -0.25) is 9.59 Å². The molecule has 2 aromatic heterocycles. The molecule has 35 heavy (non-hydrogen) atoms. The van der Waals surface area contributed by atoms with Crippen LogP contribution in [-0.4, -0.2) is 38.7 Å². The van der Waals surface area contributed by atoms with Gasteiger partial charge in [-0.15, -0.1) is 0 Å². The van der Waals surface area contributed by atoms with Gasteiger partial charge in [0, 0.05) is 30.9 Å². The third-order valence-electron chi connectivity index (χ3n) is 6.26. The SMILES string of the molecule is CC#CC(=O)N1CCC[C@H](c2cn(-c3ccc(Oc4ccccc4)cc3)c3c(N)n[nH]c(=O)c23)C1. The number of hydrogen-bond acceptors (Lipinski definition) is 5. The monoisotopic (exact) mass is 467 g/mol. The van der Waals surface area contributed by atoms with E-state index in [1.54, 1.807) is 11.8 Å². The number of fused-ring (bicyclic) bond motifs is 1. The Kier molecular flexibility index (Phi) is 5.98. The maximum absolute atomic E-state index is 12.9. The summed E-state index contributed by atoms with van der Waals surface area (Å²) in [6.07, 6.45) is 3.63. The van der Waals surface area contributed by atoms with E-state index in [0.717, 1.165) is 29.8 Å². The fourth-order valence-corrected chi connectivity index (χ4v) is 4.65. The molecule has 1 aliphatic heterocycles. The molecule has 5 rings (SSSR count). The lowest BCUT2D eigenvalue weighted by molar-refractivity contribution is -0.126. The Balaban J connectivity index is 1.53. The van der Waals surface area contributed by atoms with Crippen LogP contribution in [0.1, 0.15) is 31.2 Å². The second kappa shape index (κ2) is 9.39. The molecule has 3 heterocycles. The Morgan fingerprint density at radius 3 is 2.63 bits per heavy atom. The molecule has 0 saturated carbocycles. The van der Waals surface area contributed by atoms with Crippen LogP contribution in [0, 0.1) is 11.8 Å². The van der Waals surface area contributed by atoms with Gasteiger partial charge < -0.3 is 19.9 Å². The predicted molar refractivity (Wildman–Crippen MR) is 135 cm³/mol. The second-order valence-electron chi connectivity index (χ2n) is 8.49. The molecule has 2 aromatic carbocycles. The summed E-state index contributed by atoms with van der Waals surface area (Å²) in [6, 6.07) is 17.1. The number of para-hydroxylation sites is 1. The molecule has 176 valence electrons. The molecule has 8 heteroatoms. The van der Waals surface area contributed by atoms with Gasteiger partial charge in [0.2, 0.25) is 0 Å². The summed E-state index contributed by atoms with van der Waals surface area (Å²) in [5.41, 5.74) is 8.16. The summed E-state index contributed by atoms with van der Waals surface area (Å²) in [5, 5.41) is 7.02. The number of aromatic amines is 1. The zero-order valence-corrected chi connectivity index (χ0v) is 19.3. The highest BCUT2D eigenvalue weighted by molar-refractivity contribution is 5.94. The topological polar surface area (TPSA) is 106 Å². The van der Waals surface area contributed by atoms with Crippen LogP contribution in [0.2, 0.25) is 0 Å². The van der Waals surface area contributed by atoms with Crippen LogP contribution >= 0.6 is 0 Å². The van der Waals surface area contributed by atoms with Crippen molar-refractivity contribution in [1.82, 2.24) is 19.7 Å². The number of aromatic nitrogens is 3. The van der Waals surface area contributed by atoms with E-state index >= 15 is 0 Å². The number of hydrogen-bond donors (Lipinski definition) is 2. The molecule has 0 spiro atoms. The fraction of sp³-hybridized carbons (Fsp3) is 0.222. The standard InChI is InChI=1S/C27H25N5O3/c1-2-7-23(33)31-15-6-8-18(16-31)22-17-32(25-24(22)27(34)30-29-26(25)28)19-11-13-21(14-12-19)35-20-9-4-3-5-10-20/h3-5,9-14,17-18H,6,8,15-16H2,1H3,(H2,28,29)(H,30,34)/t18-/m0/s1. The lowest BCUT2D eigenvalue weighted by Gasteiger charge is -2.31. The van der Waals surface area contributed by atoms with Crippen molar-refractivity contribution in [3.05, 3.63) is 76.7 Å². The van der Waals surface area contributed by atoms with Crippen molar-refractivity contribution in [3.8, 4) is 29.0 Å². The van der Waals surface area contributed by atoms with Crippen molar-refractivity contribution >= 4 is 22.6 Å². The number of nitrogens with zero attached hydrogens (tertiary/aromatic N) is 3. The number of likely N-dealkylation sites (tertiary alicyclic amines) is 1. The molecule has 1 amide bonds. The van der Waals surface area contributed by atoms with Crippen LogP contribution in [0.25, 0.3) is 16.6 Å². The number of ether oxygens (including phenoxy) is 1. The number of piperidine rings is 1. The van der Waals surface area contributed by atoms with Crippen molar-refractivity contribution in [3.63, 3.8) is 0 Å². The minimum Gasteiger partial charge on any atom is -0.457 e. The Morgan fingerprint density at radius 1 is 1.14 bits per heavy atom. The summed E-state index contributed by atoms with van der Waals surface area (Å²) >= 11 is 0. The van der Waals surface area contributed by atoms with Gasteiger partial charge in [0.05, 0.1) is 5.39 Å². The minimum absolute atomic E-state index is 0.0151. The largest absolute Gasteiger partial charge is 0.457 e. The number of benzene rings is 2. The quantitative estimate of drug-likeness (QED) is 0.444. The molecule has 0 bridgehead atoms. The Labute approximate surface area is 202 Å².